The predicted octanol–water partition coefficient (Wildman–Crippen LogP) is 7.06. The molecular weight excluding hydrogens is 451 g/mol. The third-order valence-electron chi connectivity index (χ3n) is 6.30. The largest absolute Gasteiger partial charge is 0.496 e. The summed E-state index contributed by atoms with van der Waals surface area (Å²) in [6.07, 6.45) is -4.08. The van der Waals surface area contributed by atoms with Gasteiger partial charge in [-0.15, -0.1) is 0 Å². The van der Waals surface area contributed by atoms with Gasteiger partial charge in [-0.3, -0.25) is 0 Å². The SMILES string of the molecule is CCCCNC(Cc1cc2ccc(F)cc2[nH]1)(CC(C)(C)c1cc(F)ccc1OC)C(F)(F)F. The van der Waals surface area contributed by atoms with Crippen molar-refractivity contribution in [1.82, 2.24) is 10.3 Å². The highest BCUT2D eigenvalue weighted by Gasteiger charge is 2.56. The van der Waals surface area contributed by atoms with Crippen LogP contribution in [-0.4, -0.2) is 30.4 Å². The van der Waals surface area contributed by atoms with E-state index in [9.17, 15) is 22.0 Å². The lowest BCUT2D eigenvalue weighted by Crippen LogP contribution is -2.61. The summed E-state index contributed by atoms with van der Waals surface area (Å²) < 4.78 is 77.7. The Kier molecular flexibility index (Phi) is 7.60. The molecule has 2 N–H and O–H groups in total. The molecular formula is C26H31F5N2O. The maximum atomic E-state index is 14.9. The van der Waals surface area contributed by atoms with E-state index < -0.39 is 35.2 Å². The molecule has 0 fully saturated rings. The van der Waals surface area contributed by atoms with Crippen LogP contribution in [0, 0.1) is 11.6 Å². The zero-order valence-electron chi connectivity index (χ0n) is 19.9. The Hall–Kier alpha value is -2.61. The number of ether oxygens (including phenoxy) is 1. The fourth-order valence-electron chi connectivity index (χ4n) is 4.63. The van der Waals surface area contributed by atoms with Gasteiger partial charge in [-0.25, -0.2) is 8.78 Å². The Morgan fingerprint density at radius 1 is 0.971 bits per heavy atom. The molecule has 8 heteroatoms. The lowest BCUT2D eigenvalue weighted by molar-refractivity contribution is -0.203. The van der Waals surface area contributed by atoms with Crippen LogP contribution in [-0.2, 0) is 11.8 Å². The minimum atomic E-state index is -4.62. The Bertz CT molecular complexity index is 1120. The summed E-state index contributed by atoms with van der Waals surface area (Å²) in [5.74, 6) is -0.682. The van der Waals surface area contributed by atoms with Gasteiger partial charge in [0.15, 0.2) is 0 Å². The van der Waals surface area contributed by atoms with Gasteiger partial charge < -0.3 is 15.0 Å². The minimum Gasteiger partial charge on any atom is -0.496 e. The molecule has 0 aliphatic rings. The summed E-state index contributed by atoms with van der Waals surface area (Å²) in [5, 5.41) is 3.43. The second-order valence-electron chi connectivity index (χ2n) is 9.47. The molecule has 3 aromatic rings. The Labute approximate surface area is 196 Å². The molecule has 0 radical (unpaired) electrons. The molecule has 0 saturated heterocycles. The van der Waals surface area contributed by atoms with Gasteiger partial charge in [-0.1, -0.05) is 27.2 Å². The third-order valence-corrected chi connectivity index (χ3v) is 6.30. The Morgan fingerprint density at radius 3 is 2.29 bits per heavy atom. The molecule has 0 aliphatic carbocycles. The lowest BCUT2D eigenvalue weighted by Gasteiger charge is -2.42. The normalized spacial score (nSPS) is 14.4. The Morgan fingerprint density at radius 2 is 1.65 bits per heavy atom. The van der Waals surface area contributed by atoms with E-state index in [0.29, 0.717) is 34.3 Å². The van der Waals surface area contributed by atoms with Crippen molar-refractivity contribution in [3.8, 4) is 5.75 Å². The number of aromatic nitrogens is 1. The summed E-state index contributed by atoms with van der Waals surface area (Å²) in [7, 11) is 1.41. The van der Waals surface area contributed by atoms with E-state index in [4.69, 9.17) is 4.74 Å². The van der Waals surface area contributed by atoms with Crippen LogP contribution in [0.1, 0.15) is 51.3 Å². The lowest BCUT2D eigenvalue weighted by atomic mass is 9.71. The monoisotopic (exact) mass is 482 g/mol. The van der Waals surface area contributed by atoms with Crippen molar-refractivity contribution in [1.29, 1.82) is 0 Å². The van der Waals surface area contributed by atoms with Crippen molar-refractivity contribution in [3.63, 3.8) is 0 Å². The van der Waals surface area contributed by atoms with E-state index in [1.807, 2.05) is 6.92 Å². The second-order valence-corrected chi connectivity index (χ2v) is 9.47. The second kappa shape index (κ2) is 9.94. The number of halogens is 5. The van der Waals surface area contributed by atoms with Crippen LogP contribution in [0.4, 0.5) is 22.0 Å². The first kappa shape index (κ1) is 26.0. The highest BCUT2D eigenvalue weighted by Crippen LogP contribution is 2.45. The zero-order valence-corrected chi connectivity index (χ0v) is 19.9. The molecule has 1 unspecified atom stereocenters. The van der Waals surface area contributed by atoms with Gasteiger partial charge in [0, 0.05) is 23.2 Å². The summed E-state index contributed by atoms with van der Waals surface area (Å²) >= 11 is 0. The average Bonchev–Trinajstić information content (AvgIpc) is 3.13. The number of fused-ring (bicyclic) bond motifs is 1. The minimum absolute atomic E-state index is 0.168. The van der Waals surface area contributed by atoms with E-state index >= 15 is 0 Å². The maximum absolute atomic E-state index is 14.9. The van der Waals surface area contributed by atoms with Gasteiger partial charge in [0.2, 0.25) is 0 Å². The molecule has 186 valence electrons. The van der Waals surface area contributed by atoms with Gasteiger partial charge in [0.05, 0.1) is 7.11 Å². The molecule has 2 aromatic carbocycles. The first-order valence-corrected chi connectivity index (χ1v) is 11.3. The molecule has 1 aromatic heterocycles. The highest BCUT2D eigenvalue weighted by molar-refractivity contribution is 5.80. The molecule has 1 atom stereocenters. The molecule has 34 heavy (non-hydrogen) atoms. The highest BCUT2D eigenvalue weighted by atomic mass is 19.4. The number of hydrogen-bond donors (Lipinski definition) is 2. The Balaban J connectivity index is 2.08. The van der Waals surface area contributed by atoms with E-state index in [1.54, 1.807) is 19.9 Å². The fourth-order valence-corrected chi connectivity index (χ4v) is 4.63. The first-order valence-electron chi connectivity index (χ1n) is 11.3. The molecule has 0 aliphatic heterocycles. The quantitative estimate of drug-likeness (QED) is 0.240. The van der Waals surface area contributed by atoms with E-state index in [-0.39, 0.29) is 13.0 Å². The zero-order chi connectivity index (χ0) is 25.1. The maximum Gasteiger partial charge on any atom is 0.406 e. The molecule has 0 spiro atoms. The molecule has 1 heterocycles. The first-order chi connectivity index (χ1) is 15.9. The standard InChI is InChI=1S/C26H31F5N2O/c1-5-6-11-32-25(26(29,30)31,15-20-12-17-7-8-19(28)14-22(17)33-20)16-24(2,3)21-13-18(27)9-10-23(21)34-4/h7-10,12-14,32-33H,5-6,11,15-16H2,1-4H3. The van der Waals surface area contributed by atoms with Gasteiger partial charge >= 0.3 is 6.18 Å². The van der Waals surface area contributed by atoms with Crippen LogP contribution in [0.3, 0.4) is 0 Å². The van der Waals surface area contributed by atoms with Crippen LogP contribution in [0.5, 0.6) is 5.75 Å². The van der Waals surface area contributed by atoms with Gasteiger partial charge in [0.1, 0.15) is 22.9 Å². The van der Waals surface area contributed by atoms with Crippen molar-refractivity contribution in [2.24, 2.45) is 0 Å². The van der Waals surface area contributed by atoms with Crippen LogP contribution in [0.25, 0.3) is 10.9 Å². The molecule has 0 saturated carbocycles. The summed E-state index contributed by atoms with van der Waals surface area (Å²) in [5.41, 5.74) is -2.28. The van der Waals surface area contributed by atoms with Crippen LogP contribution >= 0.6 is 0 Å². The van der Waals surface area contributed by atoms with Gasteiger partial charge in [-0.05, 0) is 72.7 Å². The smallest absolute Gasteiger partial charge is 0.406 e. The van der Waals surface area contributed by atoms with Crippen LogP contribution < -0.4 is 10.1 Å². The van der Waals surface area contributed by atoms with Crippen molar-refractivity contribution in [2.75, 3.05) is 13.7 Å². The van der Waals surface area contributed by atoms with Crippen molar-refractivity contribution < 1.29 is 26.7 Å². The number of rotatable bonds is 10. The number of hydrogen-bond acceptors (Lipinski definition) is 2. The van der Waals surface area contributed by atoms with Crippen LogP contribution in [0.15, 0.2) is 42.5 Å². The molecule has 3 rings (SSSR count). The predicted molar refractivity (Wildman–Crippen MR) is 124 cm³/mol. The van der Waals surface area contributed by atoms with E-state index in [1.165, 1.54) is 43.5 Å². The third kappa shape index (κ3) is 5.54. The summed E-state index contributed by atoms with van der Waals surface area (Å²) in [4.78, 5) is 2.95. The molecule has 3 nitrogen and oxygen atoms in total. The van der Waals surface area contributed by atoms with Crippen molar-refractivity contribution in [2.45, 2.75) is 63.6 Å². The number of benzene rings is 2. The number of aromatic amines is 1. The average molecular weight is 483 g/mol. The number of H-pyrrole nitrogens is 1. The number of nitrogens with one attached hydrogen (secondary N) is 2. The topological polar surface area (TPSA) is 37.0 Å². The molecule has 0 amide bonds. The van der Waals surface area contributed by atoms with Crippen LogP contribution in [0.2, 0.25) is 0 Å². The van der Waals surface area contributed by atoms with Crippen molar-refractivity contribution >= 4 is 10.9 Å². The number of unbranched alkanes of at least 4 members (excludes halogenated alkanes) is 1. The fraction of sp³-hybridized carbons (Fsp3) is 0.462. The van der Waals surface area contributed by atoms with E-state index in [2.05, 4.69) is 10.3 Å². The summed E-state index contributed by atoms with van der Waals surface area (Å²) in [6, 6.07) is 9.57. The summed E-state index contributed by atoms with van der Waals surface area (Å²) in [6.45, 7) is 5.39. The van der Waals surface area contributed by atoms with Gasteiger partial charge in [-0.2, -0.15) is 13.2 Å². The van der Waals surface area contributed by atoms with Crippen molar-refractivity contribution in [3.05, 3.63) is 65.4 Å². The molecule has 0 bridgehead atoms. The van der Waals surface area contributed by atoms with Gasteiger partial charge in [0.25, 0.3) is 0 Å². The number of methoxy groups -OCH3 is 1. The van der Waals surface area contributed by atoms with E-state index in [0.717, 1.165) is 6.42 Å². The number of alkyl halides is 3.